The van der Waals surface area contributed by atoms with Crippen LogP contribution < -0.4 is 5.32 Å². The van der Waals surface area contributed by atoms with Gasteiger partial charge in [-0.1, -0.05) is 141 Å². The molecule has 6 aromatic carbocycles. The summed E-state index contributed by atoms with van der Waals surface area (Å²) >= 11 is 0. The molecule has 0 atom stereocenters. The smallest absolute Gasteiger partial charge is 0.0713 e. The van der Waals surface area contributed by atoms with Crippen LogP contribution >= 0.6 is 0 Å². The molecule has 0 amide bonds. The molecule has 1 nitrogen and oxygen atoms in total. The van der Waals surface area contributed by atoms with Crippen molar-refractivity contribution in [2.45, 2.75) is 24.7 Å². The van der Waals surface area contributed by atoms with Gasteiger partial charge in [-0.15, -0.1) is 0 Å². The third-order valence-electron chi connectivity index (χ3n) is 9.36. The highest BCUT2D eigenvalue weighted by molar-refractivity contribution is 5.91. The van der Waals surface area contributed by atoms with Crippen LogP contribution in [-0.4, -0.2) is 0 Å². The van der Waals surface area contributed by atoms with E-state index in [2.05, 4.69) is 165 Å². The number of hydrogen-bond acceptors (Lipinski definition) is 1. The van der Waals surface area contributed by atoms with Crippen molar-refractivity contribution in [1.82, 2.24) is 0 Å². The first kappa shape index (κ1) is 24.0. The van der Waals surface area contributed by atoms with E-state index in [0.29, 0.717) is 0 Å². The van der Waals surface area contributed by atoms with E-state index in [4.69, 9.17) is 0 Å². The molecule has 2 aliphatic rings. The summed E-state index contributed by atoms with van der Waals surface area (Å²) in [5, 5.41) is 3.79. The molecule has 0 fully saturated rings. The molecule has 196 valence electrons. The molecule has 8 rings (SSSR count). The first-order valence-electron chi connectivity index (χ1n) is 14.5. The molecule has 6 aromatic rings. The first-order chi connectivity index (χ1) is 20.1. The summed E-state index contributed by atoms with van der Waals surface area (Å²) < 4.78 is 0. The van der Waals surface area contributed by atoms with Gasteiger partial charge in [0.2, 0.25) is 0 Å². The second-order valence-corrected chi connectivity index (χ2v) is 11.8. The number of rotatable bonds is 4. The van der Waals surface area contributed by atoms with Crippen LogP contribution in [0.15, 0.2) is 146 Å². The maximum absolute atomic E-state index is 3.79. The molecule has 0 bridgehead atoms. The number of benzene rings is 6. The van der Waals surface area contributed by atoms with E-state index in [1.165, 1.54) is 55.6 Å². The third-order valence-corrected chi connectivity index (χ3v) is 9.36. The Kier molecular flexibility index (Phi) is 5.15. The van der Waals surface area contributed by atoms with Gasteiger partial charge in [0.25, 0.3) is 0 Å². The molecule has 0 aromatic heterocycles. The normalized spacial score (nSPS) is 15.0. The maximum Gasteiger partial charge on any atom is 0.0713 e. The largest absolute Gasteiger partial charge is 0.355 e. The van der Waals surface area contributed by atoms with Crippen LogP contribution in [0.1, 0.15) is 47.2 Å². The molecule has 0 unspecified atom stereocenters. The Hall–Kier alpha value is -4.88. The zero-order valence-electron chi connectivity index (χ0n) is 23.4. The standard InChI is InChI=1S/C40H31N/c1-39(2)33-18-9-8-17-32(33)38-36(39)21-12-22-37(38)41-29-25-23-28(24-26-29)40(27-13-4-3-5-14-27)34-19-10-6-15-30(34)31-16-7-11-20-35(31)40/h3-26,41H,1-2H3. The van der Waals surface area contributed by atoms with E-state index in [0.717, 1.165) is 11.4 Å². The lowest BCUT2D eigenvalue weighted by Crippen LogP contribution is -2.28. The minimum absolute atomic E-state index is 0.0151. The van der Waals surface area contributed by atoms with E-state index >= 15 is 0 Å². The second-order valence-electron chi connectivity index (χ2n) is 11.8. The van der Waals surface area contributed by atoms with Gasteiger partial charge in [0.1, 0.15) is 0 Å². The van der Waals surface area contributed by atoms with Crippen LogP contribution in [0, 0.1) is 0 Å². The van der Waals surface area contributed by atoms with Crippen molar-refractivity contribution < 1.29 is 0 Å². The zero-order chi connectivity index (χ0) is 27.6. The fourth-order valence-electron chi connectivity index (χ4n) is 7.53. The minimum atomic E-state index is -0.371. The van der Waals surface area contributed by atoms with Crippen molar-refractivity contribution in [2.75, 3.05) is 5.32 Å². The summed E-state index contributed by atoms with van der Waals surface area (Å²) in [6, 6.07) is 53.4. The lowest BCUT2D eigenvalue weighted by molar-refractivity contribution is 0.660. The fourth-order valence-corrected chi connectivity index (χ4v) is 7.53. The molecule has 2 aliphatic carbocycles. The summed E-state index contributed by atoms with van der Waals surface area (Å²) in [5.74, 6) is 0. The third kappa shape index (κ3) is 3.30. The molecule has 0 heterocycles. The molecule has 0 radical (unpaired) electrons. The van der Waals surface area contributed by atoms with E-state index in [9.17, 15) is 0 Å². The highest BCUT2D eigenvalue weighted by Gasteiger charge is 2.45. The van der Waals surface area contributed by atoms with Gasteiger partial charge >= 0.3 is 0 Å². The summed E-state index contributed by atoms with van der Waals surface area (Å²) in [7, 11) is 0. The SMILES string of the molecule is CC1(C)c2ccccc2-c2c(Nc3ccc(C4(c5ccccc5)c5ccccc5-c5ccccc54)cc3)cccc21. The van der Waals surface area contributed by atoms with Crippen molar-refractivity contribution in [3.05, 3.63) is 179 Å². The summed E-state index contributed by atoms with van der Waals surface area (Å²) in [5.41, 5.74) is 15.1. The Morgan fingerprint density at radius 3 is 1.59 bits per heavy atom. The molecule has 0 aliphatic heterocycles. The topological polar surface area (TPSA) is 12.0 Å². The highest BCUT2D eigenvalue weighted by Crippen LogP contribution is 2.56. The van der Waals surface area contributed by atoms with Crippen molar-refractivity contribution in [3.63, 3.8) is 0 Å². The Balaban J connectivity index is 1.26. The van der Waals surface area contributed by atoms with Crippen molar-refractivity contribution in [1.29, 1.82) is 0 Å². The Morgan fingerprint density at radius 1 is 0.415 bits per heavy atom. The van der Waals surface area contributed by atoms with Crippen LogP contribution in [-0.2, 0) is 10.8 Å². The first-order valence-corrected chi connectivity index (χ1v) is 14.5. The van der Waals surface area contributed by atoms with Crippen LogP contribution in [0.2, 0.25) is 0 Å². The average Bonchev–Trinajstić information content (AvgIpc) is 3.46. The van der Waals surface area contributed by atoms with Gasteiger partial charge in [-0.25, -0.2) is 0 Å². The van der Waals surface area contributed by atoms with Gasteiger partial charge in [-0.3, -0.25) is 0 Å². The van der Waals surface area contributed by atoms with Crippen LogP contribution in [0.3, 0.4) is 0 Å². The number of nitrogens with one attached hydrogen (secondary N) is 1. The lowest BCUT2D eigenvalue weighted by Gasteiger charge is -2.34. The van der Waals surface area contributed by atoms with Crippen LogP contribution in [0.5, 0.6) is 0 Å². The van der Waals surface area contributed by atoms with Crippen molar-refractivity contribution in [2.24, 2.45) is 0 Å². The quantitative estimate of drug-likeness (QED) is 0.241. The molecule has 1 N–H and O–H groups in total. The summed E-state index contributed by atoms with van der Waals surface area (Å²) in [6.45, 7) is 4.66. The highest BCUT2D eigenvalue weighted by atomic mass is 14.9. The Bertz CT molecular complexity index is 1880. The van der Waals surface area contributed by atoms with Crippen LogP contribution in [0.4, 0.5) is 11.4 Å². The van der Waals surface area contributed by atoms with E-state index in [-0.39, 0.29) is 10.8 Å². The van der Waals surface area contributed by atoms with Gasteiger partial charge in [0, 0.05) is 22.4 Å². The Morgan fingerprint density at radius 2 is 0.927 bits per heavy atom. The molecule has 1 heteroatoms. The van der Waals surface area contributed by atoms with Gasteiger partial charge in [-0.2, -0.15) is 0 Å². The van der Waals surface area contributed by atoms with Crippen molar-refractivity contribution in [3.8, 4) is 22.3 Å². The predicted molar refractivity (Wildman–Crippen MR) is 171 cm³/mol. The number of anilines is 2. The van der Waals surface area contributed by atoms with Crippen LogP contribution in [0.25, 0.3) is 22.3 Å². The maximum atomic E-state index is 3.79. The van der Waals surface area contributed by atoms with Gasteiger partial charge in [0.15, 0.2) is 0 Å². The van der Waals surface area contributed by atoms with Gasteiger partial charge in [0.05, 0.1) is 5.41 Å². The molecule has 41 heavy (non-hydrogen) atoms. The summed E-state index contributed by atoms with van der Waals surface area (Å²) in [6.07, 6.45) is 0. The second kappa shape index (κ2) is 8.81. The van der Waals surface area contributed by atoms with Crippen molar-refractivity contribution >= 4 is 11.4 Å². The molecular weight excluding hydrogens is 494 g/mol. The fraction of sp³-hybridized carbons (Fsp3) is 0.100. The predicted octanol–water partition coefficient (Wildman–Crippen LogP) is 10.1. The van der Waals surface area contributed by atoms with E-state index in [1.807, 2.05) is 0 Å². The minimum Gasteiger partial charge on any atom is -0.355 e. The molecule has 0 saturated carbocycles. The molecular formula is C40H31N. The molecule has 0 saturated heterocycles. The number of fused-ring (bicyclic) bond motifs is 6. The molecule has 0 spiro atoms. The van der Waals surface area contributed by atoms with Gasteiger partial charge in [-0.05, 0) is 68.3 Å². The Labute approximate surface area is 242 Å². The van der Waals surface area contributed by atoms with Gasteiger partial charge < -0.3 is 5.32 Å². The number of hydrogen-bond donors (Lipinski definition) is 1. The zero-order valence-corrected chi connectivity index (χ0v) is 23.4. The van der Waals surface area contributed by atoms with E-state index in [1.54, 1.807) is 0 Å². The lowest BCUT2D eigenvalue weighted by atomic mass is 9.68. The van der Waals surface area contributed by atoms with E-state index < -0.39 is 0 Å². The monoisotopic (exact) mass is 525 g/mol. The average molecular weight is 526 g/mol. The summed E-state index contributed by atoms with van der Waals surface area (Å²) in [4.78, 5) is 0.